The summed E-state index contributed by atoms with van der Waals surface area (Å²) < 4.78 is 14.5. The Morgan fingerprint density at radius 2 is 1.83 bits per heavy atom. The lowest BCUT2D eigenvalue weighted by Crippen LogP contribution is -2.43. The van der Waals surface area contributed by atoms with Gasteiger partial charge in [0.15, 0.2) is 0 Å². The average molecular weight is 587 g/mol. The molecule has 41 heavy (non-hydrogen) atoms. The van der Waals surface area contributed by atoms with E-state index in [2.05, 4.69) is 24.1 Å². The van der Waals surface area contributed by atoms with E-state index in [1.165, 1.54) is 17.4 Å². The summed E-state index contributed by atoms with van der Waals surface area (Å²) >= 11 is 3.32. The first kappa shape index (κ1) is 27.5. The summed E-state index contributed by atoms with van der Waals surface area (Å²) in [6.45, 7) is 8.47. The number of amides is 2. The van der Waals surface area contributed by atoms with Crippen molar-refractivity contribution < 1.29 is 14.0 Å². The molecule has 2 aromatic carbocycles. The number of hydrogen-bond donors (Lipinski definition) is 1. The van der Waals surface area contributed by atoms with Gasteiger partial charge in [0.05, 0.1) is 16.3 Å². The molecule has 0 spiro atoms. The van der Waals surface area contributed by atoms with Crippen LogP contribution in [0.25, 0.3) is 10.4 Å². The first-order valence-corrected chi connectivity index (χ1v) is 15.5. The molecule has 1 saturated heterocycles. The van der Waals surface area contributed by atoms with Crippen LogP contribution in [0.15, 0.2) is 66.7 Å². The molecule has 9 heteroatoms. The summed E-state index contributed by atoms with van der Waals surface area (Å²) in [7, 11) is 0. The van der Waals surface area contributed by atoms with Crippen molar-refractivity contribution in [1.29, 1.82) is 0 Å². The Kier molecular flexibility index (Phi) is 7.34. The molecular weight excluding hydrogens is 556 g/mol. The molecule has 6 nitrogen and oxygen atoms in total. The van der Waals surface area contributed by atoms with Gasteiger partial charge < -0.3 is 15.1 Å². The lowest BCUT2D eigenvalue weighted by Gasteiger charge is -2.38. The van der Waals surface area contributed by atoms with E-state index in [1.807, 2.05) is 54.2 Å². The molecule has 0 bridgehead atoms. The maximum Gasteiger partial charge on any atom is 0.276 e. The Bertz CT molecular complexity index is 1630. The molecule has 2 aliphatic rings. The van der Waals surface area contributed by atoms with E-state index >= 15 is 0 Å². The molecule has 0 atom stereocenters. The van der Waals surface area contributed by atoms with Crippen LogP contribution in [0, 0.1) is 12.7 Å². The molecule has 2 aliphatic heterocycles. The number of anilines is 3. The molecule has 6 rings (SSSR count). The summed E-state index contributed by atoms with van der Waals surface area (Å²) in [6.07, 6.45) is 0.579. The standard InChI is InChI=1S/C32H31FN4O2S2/c1-20-8-6-10-23(33)28(20)35-30(38)26-18-21-14-15-37(25-12-5-4-9-22(25)29(21)41-26)31(39)24-11-7-13-27(34-24)36-16-17-40-32(2,3)19-36/h4-13,18H,14-17,19H2,1-3H3,(H,35,38). The van der Waals surface area contributed by atoms with Crippen molar-refractivity contribution in [2.45, 2.75) is 31.9 Å². The van der Waals surface area contributed by atoms with Gasteiger partial charge in [0.2, 0.25) is 0 Å². The number of hydrogen-bond acceptors (Lipinski definition) is 6. The molecule has 0 radical (unpaired) electrons. The van der Waals surface area contributed by atoms with Crippen molar-refractivity contribution in [1.82, 2.24) is 4.98 Å². The van der Waals surface area contributed by atoms with Crippen molar-refractivity contribution in [2.75, 3.05) is 40.5 Å². The topological polar surface area (TPSA) is 65.5 Å². The minimum atomic E-state index is -0.462. The number of thiophene rings is 1. The van der Waals surface area contributed by atoms with E-state index in [0.717, 1.165) is 46.4 Å². The van der Waals surface area contributed by atoms with Crippen molar-refractivity contribution in [3.63, 3.8) is 0 Å². The second kappa shape index (κ2) is 10.9. The number of aryl methyl sites for hydroxylation is 1. The number of carbonyl (C=O) groups is 2. The van der Waals surface area contributed by atoms with Gasteiger partial charge in [-0.2, -0.15) is 11.8 Å². The minimum Gasteiger partial charge on any atom is -0.354 e. The van der Waals surface area contributed by atoms with Crippen LogP contribution in [0.5, 0.6) is 0 Å². The van der Waals surface area contributed by atoms with Crippen LogP contribution in [0.1, 0.15) is 45.1 Å². The van der Waals surface area contributed by atoms with E-state index < -0.39 is 5.82 Å². The number of rotatable bonds is 4. The Balaban J connectivity index is 1.28. The fraction of sp³-hybridized carbons (Fsp3) is 0.281. The highest BCUT2D eigenvalue weighted by atomic mass is 32.2. The van der Waals surface area contributed by atoms with Crippen molar-refractivity contribution in [3.8, 4) is 10.4 Å². The summed E-state index contributed by atoms with van der Waals surface area (Å²) in [5.74, 6) is 0.896. The number of benzene rings is 2. The molecular formula is C32H31FN4O2S2. The van der Waals surface area contributed by atoms with Crippen LogP contribution < -0.4 is 15.1 Å². The normalized spacial score (nSPS) is 16.0. The lowest BCUT2D eigenvalue weighted by molar-refractivity contribution is 0.0981. The summed E-state index contributed by atoms with van der Waals surface area (Å²) in [5.41, 5.74) is 3.95. The van der Waals surface area contributed by atoms with Gasteiger partial charge in [0.25, 0.3) is 11.8 Å². The van der Waals surface area contributed by atoms with Gasteiger partial charge in [-0.1, -0.05) is 36.4 Å². The fourth-order valence-electron chi connectivity index (χ4n) is 5.45. The van der Waals surface area contributed by atoms with Crippen LogP contribution in [0.4, 0.5) is 21.6 Å². The highest BCUT2D eigenvalue weighted by Crippen LogP contribution is 2.42. The third kappa shape index (κ3) is 5.48. The Labute approximate surface area is 247 Å². The molecule has 210 valence electrons. The maximum atomic E-state index is 14.4. The molecule has 4 heterocycles. The number of fused-ring (bicyclic) bond motifs is 3. The van der Waals surface area contributed by atoms with Gasteiger partial charge in [-0.05, 0) is 68.7 Å². The van der Waals surface area contributed by atoms with Crippen LogP contribution >= 0.6 is 23.1 Å². The zero-order valence-corrected chi connectivity index (χ0v) is 24.9. The number of nitrogens with zero attached hydrogens (tertiary/aromatic N) is 3. The van der Waals surface area contributed by atoms with Crippen LogP contribution in [0.2, 0.25) is 0 Å². The molecule has 0 unspecified atom stereocenters. The van der Waals surface area contributed by atoms with E-state index in [0.29, 0.717) is 29.1 Å². The third-order valence-corrected chi connectivity index (χ3v) is 9.99. The highest BCUT2D eigenvalue weighted by molar-refractivity contribution is 8.00. The molecule has 0 saturated carbocycles. The third-order valence-electron chi connectivity index (χ3n) is 7.49. The maximum absolute atomic E-state index is 14.4. The zero-order valence-electron chi connectivity index (χ0n) is 23.2. The van der Waals surface area contributed by atoms with E-state index in [-0.39, 0.29) is 22.2 Å². The number of aromatic nitrogens is 1. The van der Waals surface area contributed by atoms with Gasteiger partial charge in [0.1, 0.15) is 17.3 Å². The fourth-order valence-corrected chi connectivity index (χ4v) is 7.70. The second-order valence-electron chi connectivity index (χ2n) is 11.0. The molecule has 2 aromatic heterocycles. The monoisotopic (exact) mass is 586 g/mol. The van der Waals surface area contributed by atoms with Gasteiger partial charge >= 0.3 is 0 Å². The quantitative estimate of drug-likeness (QED) is 0.278. The summed E-state index contributed by atoms with van der Waals surface area (Å²) in [6, 6.07) is 20.0. The predicted octanol–water partition coefficient (Wildman–Crippen LogP) is 7.04. The van der Waals surface area contributed by atoms with Crippen LogP contribution in [-0.4, -0.2) is 46.9 Å². The minimum absolute atomic E-state index is 0.130. The summed E-state index contributed by atoms with van der Waals surface area (Å²) in [4.78, 5) is 37.4. The van der Waals surface area contributed by atoms with Gasteiger partial charge in [-0.15, -0.1) is 11.3 Å². The predicted molar refractivity (Wildman–Crippen MR) is 167 cm³/mol. The highest BCUT2D eigenvalue weighted by Gasteiger charge is 2.30. The van der Waals surface area contributed by atoms with Gasteiger partial charge in [-0.3, -0.25) is 9.59 Å². The lowest BCUT2D eigenvalue weighted by atomic mass is 10.1. The van der Waals surface area contributed by atoms with Crippen molar-refractivity contribution in [3.05, 3.63) is 94.2 Å². The Hall–Kier alpha value is -3.69. The SMILES string of the molecule is Cc1cccc(F)c1NC(=O)c1cc2c(s1)-c1ccccc1N(C(=O)c1cccc(N3CCSC(C)(C)C3)n1)CC2. The number of thioether (sulfide) groups is 1. The van der Waals surface area contributed by atoms with E-state index in [9.17, 15) is 14.0 Å². The molecule has 4 aromatic rings. The zero-order chi connectivity index (χ0) is 28.7. The largest absolute Gasteiger partial charge is 0.354 e. The van der Waals surface area contributed by atoms with E-state index in [1.54, 1.807) is 30.0 Å². The number of nitrogens with one attached hydrogen (secondary N) is 1. The van der Waals surface area contributed by atoms with Crippen LogP contribution in [0.3, 0.4) is 0 Å². The molecule has 2 amide bonds. The Morgan fingerprint density at radius 1 is 1.02 bits per heavy atom. The average Bonchev–Trinajstić information content (AvgIpc) is 3.32. The number of pyridine rings is 1. The summed E-state index contributed by atoms with van der Waals surface area (Å²) in [5, 5.41) is 2.75. The van der Waals surface area contributed by atoms with E-state index in [4.69, 9.17) is 4.98 Å². The first-order valence-electron chi connectivity index (χ1n) is 13.7. The van der Waals surface area contributed by atoms with Crippen molar-refractivity contribution in [2.24, 2.45) is 0 Å². The molecule has 1 fully saturated rings. The van der Waals surface area contributed by atoms with Gasteiger partial charge in [0, 0.05) is 40.6 Å². The number of carbonyl (C=O) groups excluding carboxylic acids is 2. The first-order chi connectivity index (χ1) is 19.7. The van der Waals surface area contributed by atoms with Crippen molar-refractivity contribution >= 4 is 52.1 Å². The number of para-hydroxylation sites is 2. The van der Waals surface area contributed by atoms with Gasteiger partial charge in [-0.25, -0.2) is 9.37 Å². The van der Waals surface area contributed by atoms with Crippen LogP contribution in [-0.2, 0) is 6.42 Å². The number of halogens is 1. The smallest absolute Gasteiger partial charge is 0.276 e. The Morgan fingerprint density at radius 3 is 2.63 bits per heavy atom. The molecule has 1 N–H and O–H groups in total. The second-order valence-corrected chi connectivity index (χ2v) is 13.8. The molecule has 0 aliphatic carbocycles.